The Morgan fingerprint density at radius 3 is 2.31 bits per heavy atom. The molecule has 0 bridgehead atoms. The van der Waals surface area contributed by atoms with Crippen molar-refractivity contribution in [1.82, 2.24) is 10.2 Å². The lowest BCUT2D eigenvalue weighted by atomic mass is 10.1. The summed E-state index contributed by atoms with van der Waals surface area (Å²) in [5.74, 6) is 1.04. The van der Waals surface area contributed by atoms with Gasteiger partial charge in [-0.25, -0.2) is 0 Å². The normalized spacial score (nSPS) is 14.4. The highest BCUT2D eigenvalue weighted by molar-refractivity contribution is 6.36. The first-order valence-corrected chi connectivity index (χ1v) is 13.5. The van der Waals surface area contributed by atoms with Crippen LogP contribution in [0.3, 0.4) is 0 Å². The fourth-order valence-corrected chi connectivity index (χ4v) is 4.99. The molecule has 1 saturated carbocycles. The van der Waals surface area contributed by atoms with E-state index < -0.39 is 6.04 Å². The van der Waals surface area contributed by atoms with Crippen molar-refractivity contribution >= 4 is 35.0 Å². The van der Waals surface area contributed by atoms with Crippen LogP contribution in [0.4, 0.5) is 0 Å². The maximum absolute atomic E-state index is 13.5. The molecule has 2 amide bonds. The number of rotatable bonds is 12. The molecule has 1 atom stereocenters. The molecule has 1 aliphatic rings. The maximum Gasteiger partial charge on any atom is 0.242 e. The van der Waals surface area contributed by atoms with Crippen LogP contribution in [0.2, 0.25) is 10.0 Å². The summed E-state index contributed by atoms with van der Waals surface area (Å²) in [5, 5.41) is 4.05. The predicted molar refractivity (Wildman–Crippen MR) is 144 cm³/mol. The van der Waals surface area contributed by atoms with E-state index in [4.69, 9.17) is 32.7 Å². The zero-order valence-corrected chi connectivity index (χ0v) is 22.8. The minimum atomic E-state index is -0.662. The van der Waals surface area contributed by atoms with Gasteiger partial charge < -0.3 is 19.7 Å². The fraction of sp³-hybridized carbons (Fsp3) is 0.500. The summed E-state index contributed by atoms with van der Waals surface area (Å²) in [7, 11) is 0. The molecule has 6 nitrogen and oxygen atoms in total. The predicted octanol–water partition coefficient (Wildman–Crippen LogP) is 6.20. The van der Waals surface area contributed by atoms with Crippen molar-refractivity contribution in [2.24, 2.45) is 0 Å². The molecule has 0 aromatic heterocycles. The van der Waals surface area contributed by atoms with Gasteiger partial charge in [0.2, 0.25) is 11.8 Å². The third kappa shape index (κ3) is 7.53. The number of aryl methyl sites for hydroxylation is 1. The van der Waals surface area contributed by atoms with Crippen molar-refractivity contribution in [2.45, 2.75) is 77.9 Å². The van der Waals surface area contributed by atoms with Crippen LogP contribution < -0.4 is 14.8 Å². The molecule has 0 saturated heterocycles. The van der Waals surface area contributed by atoms with Crippen molar-refractivity contribution in [2.75, 3.05) is 13.2 Å². The topological polar surface area (TPSA) is 67.9 Å². The highest BCUT2D eigenvalue weighted by atomic mass is 35.5. The lowest BCUT2D eigenvalue weighted by Crippen LogP contribution is -2.49. The quantitative estimate of drug-likeness (QED) is 0.352. The summed E-state index contributed by atoms with van der Waals surface area (Å²) >= 11 is 12.8. The molecule has 0 spiro atoms. The van der Waals surface area contributed by atoms with E-state index in [2.05, 4.69) is 5.32 Å². The molecular formula is C28H36Cl2N2O4. The Balaban J connectivity index is 1.77. The molecule has 1 fully saturated rings. The van der Waals surface area contributed by atoms with Gasteiger partial charge in [-0.1, -0.05) is 48.2 Å². The van der Waals surface area contributed by atoms with E-state index in [0.717, 1.165) is 31.2 Å². The highest BCUT2D eigenvalue weighted by Crippen LogP contribution is 2.30. The van der Waals surface area contributed by atoms with E-state index in [9.17, 15) is 9.59 Å². The van der Waals surface area contributed by atoms with Gasteiger partial charge >= 0.3 is 0 Å². The van der Waals surface area contributed by atoms with Gasteiger partial charge in [-0.05, 0) is 69.9 Å². The Kier molecular flexibility index (Phi) is 10.7. The standard InChI is InChI=1S/C28H36Cl2N2O4/c1-4-35-25-15-13-20(17-26(25)36-5-2)14-16-27(33)32(18-22-23(29)11-8-12-24(22)30)19(3)28(34)31-21-9-6-7-10-21/h8,11-13,15,17,19,21H,4-7,9-10,14,16,18H2,1-3H3,(H,31,34). The van der Waals surface area contributed by atoms with Crippen LogP contribution >= 0.6 is 23.2 Å². The number of carbonyl (C=O) groups excluding carboxylic acids is 2. The van der Waals surface area contributed by atoms with Crippen molar-refractivity contribution < 1.29 is 19.1 Å². The summed E-state index contributed by atoms with van der Waals surface area (Å²) in [6, 6.07) is 10.5. The third-order valence-corrected chi connectivity index (χ3v) is 7.20. The molecule has 3 rings (SSSR count). The van der Waals surface area contributed by atoms with E-state index in [-0.39, 0.29) is 30.8 Å². The number of hydrogen-bond donors (Lipinski definition) is 1. The number of ether oxygens (including phenoxy) is 2. The van der Waals surface area contributed by atoms with Gasteiger partial charge in [0.25, 0.3) is 0 Å². The van der Waals surface area contributed by atoms with E-state index >= 15 is 0 Å². The van der Waals surface area contributed by atoms with E-state index in [1.165, 1.54) is 0 Å². The van der Waals surface area contributed by atoms with Crippen molar-refractivity contribution in [3.8, 4) is 11.5 Å². The summed E-state index contributed by atoms with van der Waals surface area (Å²) < 4.78 is 11.4. The second kappa shape index (κ2) is 13.8. The Morgan fingerprint density at radius 1 is 1.03 bits per heavy atom. The van der Waals surface area contributed by atoms with Crippen LogP contribution in [0.15, 0.2) is 36.4 Å². The number of nitrogens with one attached hydrogen (secondary N) is 1. The first kappa shape index (κ1) is 28.1. The second-order valence-corrected chi connectivity index (χ2v) is 9.85. The first-order chi connectivity index (χ1) is 17.3. The van der Waals surface area contributed by atoms with E-state index in [1.54, 1.807) is 30.0 Å². The maximum atomic E-state index is 13.5. The Bertz CT molecular complexity index is 1020. The van der Waals surface area contributed by atoms with Crippen LogP contribution in [0.1, 0.15) is 64.0 Å². The molecule has 1 unspecified atom stereocenters. The molecule has 1 N–H and O–H groups in total. The fourth-order valence-electron chi connectivity index (χ4n) is 4.47. The average Bonchev–Trinajstić information content (AvgIpc) is 3.37. The molecule has 0 radical (unpaired) electrons. The minimum absolute atomic E-state index is 0.146. The largest absolute Gasteiger partial charge is 0.490 e. The van der Waals surface area contributed by atoms with Crippen LogP contribution in [0, 0.1) is 0 Å². The molecule has 2 aromatic rings. The van der Waals surface area contributed by atoms with Gasteiger partial charge in [0, 0.05) is 34.6 Å². The number of halogens is 2. The third-order valence-electron chi connectivity index (χ3n) is 6.49. The summed E-state index contributed by atoms with van der Waals surface area (Å²) in [6.45, 7) is 6.82. The molecule has 196 valence electrons. The van der Waals surface area contributed by atoms with E-state index in [1.807, 2.05) is 32.0 Å². The zero-order chi connectivity index (χ0) is 26.1. The van der Waals surface area contributed by atoms with Gasteiger partial charge in [0.1, 0.15) is 6.04 Å². The Labute approximate surface area is 224 Å². The number of benzene rings is 2. The van der Waals surface area contributed by atoms with Gasteiger partial charge in [-0.15, -0.1) is 0 Å². The Morgan fingerprint density at radius 2 is 1.67 bits per heavy atom. The number of hydrogen-bond acceptors (Lipinski definition) is 4. The number of carbonyl (C=O) groups is 2. The minimum Gasteiger partial charge on any atom is -0.490 e. The zero-order valence-electron chi connectivity index (χ0n) is 21.3. The molecular weight excluding hydrogens is 499 g/mol. The number of nitrogens with zero attached hydrogens (tertiary/aromatic N) is 1. The number of amides is 2. The Hall–Kier alpha value is -2.44. The van der Waals surface area contributed by atoms with E-state index in [0.29, 0.717) is 46.7 Å². The molecule has 36 heavy (non-hydrogen) atoms. The van der Waals surface area contributed by atoms with Crippen molar-refractivity contribution in [3.63, 3.8) is 0 Å². The molecule has 0 aliphatic heterocycles. The molecule has 1 aliphatic carbocycles. The van der Waals surface area contributed by atoms with Gasteiger partial charge in [0.15, 0.2) is 11.5 Å². The molecule has 2 aromatic carbocycles. The first-order valence-electron chi connectivity index (χ1n) is 12.7. The van der Waals surface area contributed by atoms with Gasteiger partial charge in [0.05, 0.1) is 13.2 Å². The average molecular weight is 536 g/mol. The summed E-state index contributed by atoms with van der Waals surface area (Å²) in [5.41, 5.74) is 1.59. The van der Waals surface area contributed by atoms with Crippen LogP contribution in [-0.2, 0) is 22.6 Å². The van der Waals surface area contributed by atoms with Crippen molar-refractivity contribution in [1.29, 1.82) is 0 Å². The summed E-state index contributed by atoms with van der Waals surface area (Å²) in [6.07, 6.45) is 4.90. The van der Waals surface area contributed by atoms with Gasteiger partial charge in [-0.2, -0.15) is 0 Å². The lowest BCUT2D eigenvalue weighted by Gasteiger charge is -2.30. The van der Waals surface area contributed by atoms with Crippen LogP contribution in [0.5, 0.6) is 11.5 Å². The van der Waals surface area contributed by atoms with Gasteiger partial charge in [-0.3, -0.25) is 9.59 Å². The lowest BCUT2D eigenvalue weighted by molar-refractivity contribution is -0.140. The smallest absolute Gasteiger partial charge is 0.242 e. The van der Waals surface area contributed by atoms with Crippen LogP contribution in [0.25, 0.3) is 0 Å². The van der Waals surface area contributed by atoms with Crippen molar-refractivity contribution in [3.05, 3.63) is 57.6 Å². The second-order valence-electron chi connectivity index (χ2n) is 9.03. The SMILES string of the molecule is CCOc1ccc(CCC(=O)N(Cc2c(Cl)cccc2Cl)C(C)C(=O)NC2CCCC2)cc1OCC. The summed E-state index contributed by atoms with van der Waals surface area (Å²) in [4.78, 5) is 28.2. The monoisotopic (exact) mass is 534 g/mol. The van der Waals surface area contributed by atoms with Crippen LogP contribution in [-0.4, -0.2) is 42.0 Å². The molecule has 8 heteroatoms. The molecule has 0 heterocycles. The highest BCUT2D eigenvalue weighted by Gasteiger charge is 2.29.